The summed E-state index contributed by atoms with van der Waals surface area (Å²) in [4.78, 5) is 10.6. The molecule has 2 N–H and O–H groups in total. The molecule has 1 heterocycles. The number of allylic oxidation sites excluding steroid dienone is 1. The van der Waals surface area contributed by atoms with Crippen molar-refractivity contribution in [1.82, 2.24) is 0 Å². The monoisotopic (exact) mass is 590 g/mol. The molecule has 1 aliphatic heterocycles. The number of aliphatic hydroxyl groups is 2. The van der Waals surface area contributed by atoms with Crippen LogP contribution in [0, 0.1) is 18.3 Å². The smallest absolute Gasteiger partial charge is 0.330 e. The van der Waals surface area contributed by atoms with Crippen LogP contribution in [0.1, 0.15) is 76.2 Å². The Bertz CT molecular complexity index is 617. The van der Waals surface area contributed by atoms with E-state index in [1.165, 1.54) is 6.08 Å². The first kappa shape index (κ1) is 46.2. The van der Waals surface area contributed by atoms with E-state index in [1.807, 2.05) is 75.3 Å². The van der Waals surface area contributed by atoms with E-state index in [9.17, 15) is 4.79 Å². The Morgan fingerprint density at radius 2 is 1.49 bits per heavy atom. The van der Waals surface area contributed by atoms with Crippen LogP contribution in [0.2, 0.25) is 0 Å². The molecule has 1 fully saturated rings. The van der Waals surface area contributed by atoms with Crippen LogP contribution in [-0.2, 0) is 33.2 Å². The Kier molecular flexibility index (Phi) is 38.8. The van der Waals surface area contributed by atoms with E-state index < -0.39 is 6.10 Å². The highest BCUT2D eigenvalue weighted by molar-refractivity contribution is 5.81. The number of carbonyl (C=O) groups excluding carboxylic acids is 1. The zero-order valence-corrected chi connectivity index (χ0v) is 27.8. The summed E-state index contributed by atoms with van der Waals surface area (Å²) in [5, 5.41) is 17.0. The fourth-order valence-electron chi connectivity index (χ4n) is 1.76. The standard InChI is InChI=1S/C8H14O2.C6H14O3.C6H12O2.C6H12O.C6H10O/c1-4-10-8(9)6-5-7(2)3;1-5(2)9-4-6(8)3-7;1-5(2)7-3-6-4-8-6;2*1-4-5-7-6(2)3/h5-7H,4H2,1-3H3;5-8H,3-4H2,1-2H3;5-6H,3-4H2,1-2H3;4,6H,1,5H2,2-3H3;1,6H,5H2,2-3H3/b6-5+;;;;. The van der Waals surface area contributed by atoms with Crippen molar-refractivity contribution in [1.29, 1.82) is 0 Å². The molecule has 0 spiro atoms. The highest BCUT2D eigenvalue weighted by atomic mass is 16.6. The SMILES string of the molecule is C#CCOC(C)C.C=CCOC(C)C.CC(C)OCC(O)CO.CC(C)OCC1CO1.CCOC(=O)/C=C/C(C)C. The van der Waals surface area contributed by atoms with E-state index >= 15 is 0 Å². The minimum Gasteiger partial charge on any atom is -0.463 e. The Morgan fingerprint density at radius 3 is 1.78 bits per heavy atom. The molecule has 9 nitrogen and oxygen atoms in total. The van der Waals surface area contributed by atoms with Crippen LogP contribution >= 0.6 is 0 Å². The lowest BCUT2D eigenvalue weighted by atomic mass is 10.2. The van der Waals surface area contributed by atoms with Crippen LogP contribution in [0.4, 0.5) is 0 Å². The lowest BCUT2D eigenvalue weighted by Crippen LogP contribution is -2.21. The number of aliphatic hydroxyl groups excluding tert-OH is 2. The average Bonchev–Trinajstić information content (AvgIpc) is 3.73. The van der Waals surface area contributed by atoms with E-state index in [0.29, 0.717) is 44.1 Å². The maximum atomic E-state index is 10.6. The van der Waals surface area contributed by atoms with E-state index in [0.717, 1.165) is 13.2 Å². The van der Waals surface area contributed by atoms with Crippen LogP contribution in [0.15, 0.2) is 24.8 Å². The number of carbonyl (C=O) groups is 1. The Morgan fingerprint density at radius 1 is 0.976 bits per heavy atom. The molecule has 0 aromatic rings. The average molecular weight is 591 g/mol. The second-order valence-corrected chi connectivity index (χ2v) is 10.1. The molecule has 244 valence electrons. The van der Waals surface area contributed by atoms with Gasteiger partial charge >= 0.3 is 5.97 Å². The fraction of sp³-hybridized carbons (Fsp3) is 0.781. The van der Waals surface area contributed by atoms with E-state index in [1.54, 1.807) is 13.0 Å². The minimum atomic E-state index is -0.729. The third-order valence-electron chi connectivity index (χ3n) is 3.80. The summed E-state index contributed by atoms with van der Waals surface area (Å²) in [5.74, 6) is 2.53. The first-order valence-electron chi connectivity index (χ1n) is 14.4. The van der Waals surface area contributed by atoms with Crippen LogP contribution in [0.25, 0.3) is 0 Å². The molecule has 2 atom stereocenters. The predicted octanol–water partition coefficient (Wildman–Crippen LogP) is 4.98. The Balaban J connectivity index is -0.000000210. The Hall–Kier alpha value is -1.77. The lowest BCUT2D eigenvalue weighted by molar-refractivity contribution is -0.137. The number of epoxide rings is 1. The quantitative estimate of drug-likeness (QED) is 0.0896. The van der Waals surface area contributed by atoms with Crippen molar-refractivity contribution >= 4 is 5.97 Å². The first-order valence-corrected chi connectivity index (χ1v) is 14.4. The summed E-state index contributed by atoms with van der Waals surface area (Å²) in [6.45, 7) is 28.3. The summed E-state index contributed by atoms with van der Waals surface area (Å²) in [6, 6.07) is 0. The minimum absolute atomic E-state index is 0.117. The number of ether oxygens (including phenoxy) is 6. The number of esters is 1. The largest absolute Gasteiger partial charge is 0.463 e. The molecule has 0 aromatic heterocycles. The van der Waals surface area contributed by atoms with Gasteiger partial charge in [-0.2, -0.15) is 0 Å². The van der Waals surface area contributed by atoms with Crippen molar-refractivity contribution in [3.05, 3.63) is 24.8 Å². The van der Waals surface area contributed by atoms with Gasteiger partial charge in [-0.1, -0.05) is 31.9 Å². The van der Waals surface area contributed by atoms with Crippen molar-refractivity contribution < 1.29 is 43.4 Å². The third kappa shape index (κ3) is 58.7. The summed E-state index contributed by atoms with van der Waals surface area (Å²) in [7, 11) is 0. The maximum Gasteiger partial charge on any atom is 0.330 e. The van der Waals surface area contributed by atoms with Gasteiger partial charge in [0, 0.05) is 6.08 Å². The normalized spacial score (nSPS) is 14.1. The lowest BCUT2D eigenvalue weighted by Gasteiger charge is -2.10. The van der Waals surface area contributed by atoms with Gasteiger partial charge in [-0.15, -0.1) is 13.0 Å². The number of terminal acetylenes is 1. The van der Waals surface area contributed by atoms with Crippen molar-refractivity contribution in [2.24, 2.45) is 5.92 Å². The van der Waals surface area contributed by atoms with Crippen molar-refractivity contribution in [2.45, 2.75) is 113 Å². The molecular weight excluding hydrogens is 528 g/mol. The van der Waals surface area contributed by atoms with Gasteiger partial charge in [0.1, 0.15) is 18.8 Å². The molecule has 1 saturated heterocycles. The van der Waals surface area contributed by atoms with Gasteiger partial charge in [-0.3, -0.25) is 0 Å². The highest BCUT2D eigenvalue weighted by Gasteiger charge is 2.22. The maximum absolute atomic E-state index is 10.6. The van der Waals surface area contributed by atoms with Gasteiger partial charge in [0.05, 0.1) is 64.1 Å². The number of rotatable bonds is 15. The third-order valence-corrected chi connectivity index (χ3v) is 3.80. The van der Waals surface area contributed by atoms with Gasteiger partial charge in [-0.25, -0.2) is 4.79 Å². The molecule has 0 radical (unpaired) electrons. The molecule has 0 aromatic carbocycles. The van der Waals surface area contributed by atoms with Gasteiger partial charge in [-0.05, 0) is 68.2 Å². The predicted molar refractivity (Wildman–Crippen MR) is 167 cm³/mol. The number of hydrogen-bond donors (Lipinski definition) is 2. The molecule has 0 aliphatic carbocycles. The zero-order valence-electron chi connectivity index (χ0n) is 27.8. The molecule has 1 aliphatic rings. The number of hydrogen-bond acceptors (Lipinski definition) is 9. The molecule has 1 rings (SSSR count). The second-order valence-electron chi connectivity index (χ2n) is 10.1. The van der Waals surface area contributed by atoms with Crippen LogP contribution < -0.4 is 0 Å². The molecule has 2 unspecified atom stereocenters. The van der Waals surface area contributed by atoms with Gasteiger partial charge in [0.15, 0.2) is 0 Å². The van der Waals surface area contributed by atoms with Gasteiger partial charge < -0.3 is 38.6 Å². The van der Waals surface area contributed by atoms with E-state index in [4.69, 9.17) is 40.3 Å². The molecule has 0 bridgehead atoms. The summed E-state index contributed by atoms with van der Waals surface area (Å²) in [6.07, 6.45) is 10.7. The van der Waals surface area contributed by atoms with Crippen molar-refractivity contribution in [3.63, 3.8) is 0 Å². The fourth-order valence-corrected chi connectivity index (χ4v) is 1.76. The van der Waals surface area contributed by atoms with Gasteiger partial charge in [0.2, 0.25) is 0 Å². The van der Waals surface area contributed by atoms with Crippen molar-refractivity contribution in [2.75, 3.05) is 46.2 Å². The van der Waals surface area contributed by atoms with E-state index in [2.05, 4.69) is 17.2 Å². The molecule has 9 heteroatoms. The van der Waals surface area contributed by atoms with E-state index in [-0.39, 0.29) is 31.4 Å². The summed E-state index contributed by atoms with van der Waals surface area (Å²) in [5.41, 5.74) is 0. The second kappa shape index (κ2) is 34.4. The highest BCUT2D eigenvalue weighted by Crippen LogP contribution is 2.09. The molecular formula is C32H62O9. The summed E-state index contributed by atoms with van der Waals surface area (Å²) >= 11 is 0. The zero-order chi connectivity index (χ0) is 32.6. The van der Waals surface area contributed by atoms with Gasteiger partial charge in [0.25, 0.3) is 0 Å². The van der Waals surface area contributed by atoms with Crippen LogP contribution in [0.5, 0.6) is 0 Å². The van der Waals surface area contributed by atoms with Crippen molar-refractivity contribution in [3.8, 4) is 12.3 Å². The van der Waals surface area contributed by atoms with Crippen LogP contribution in [-0.4, -0.2) is 99.1 Å². The summed E-state index contributed by atoms with van der Waals surface area (Å²) < 4.78 is 29.9. The Labute approximate surface area is 251 Å². The molecule has 0 amide bonds. The first-order chi connectivity index (χ1) is 19.2. The van der Waals surface area contributed by atoms with Crippen LogP contribution in [0.3, 0.4) is 0 Å². The topological polar surface area (TPSA) is 116 Å². The molecule has 41 heavy (non-hydrogen) atoms. The molecule has 0 saturated carbocycles.